The molecule has 1 saturated carbocycles. The van der Waals surface area contributed by atoms with Gasteiger partial charge in [0.25, 0.3) is 0 Å². The predicted molar refractivity (Wildman–Crippen MR) is 64.2 cm³/mol. The molecule has 1 aromatic carbocycles. The van der Waals surface area contributed by atoms with Crippen LogP contribution in [0.25, 0.3) is 0 Å². The monoisotopic (exact) mass is 273 g/mol. The summed E-state index contributed by atoms with van der Waals surface area (Å²) < 4.78 is 37.6. The van der Waals surface area contributed by atoms with E-state index in [9.17, 15) is 18.0 Å². The van der Waals surface area contributed by atoms with Crippen LogP contribution >= 0.6 is 0 Å². The van der Waals surface area contributed by atoms with Crippen molar-refractivity contribution in [2.24, 2.45) is 11.8 Å². The SMILES string of the molecule is CC1CC1CNc1ccc(C(F)(F)F)cc1C(=O)O. The molecule has 1 fully saturated rings. The average molecular weight is 273 g/mol. The lowest BCUT2D eigenvalue weighted by atomic mass is 10.1. The number of benzene rings is 1. The number of hydrogen-bond acceptors (Lipinski definition) is 2. The molecule has 0 amide bonds. The van der Waals surface area contributed by atoms with E-state index in [-0.39, 0.29) is 11.3 Å². The van der Waals surface area contributed by atoms with Crippen molar-refractivity contribution in [3.05, 3.63) is 29.3 Å². The predicted octanol–water partition coefficient (Wildman–Crippen LogP) is 3.47. The zero-order valence-corrected chi connectivity index (χ0v) is 10.3. The number of aromatic carboxylic acids is 1. The first kappa shape index (κ1) is 13.7. The van der Waals surface area contributed by atoms with E-state index in [1.807, 2.05) is 0 Å². The van der Waals surface area contributed by atoms with E-state index in [1.54, 1.807) is 0 Å². The van der Waals surface area contributed by atoms with E-state index in [1.165, 1.54) is 6.07 Å². The number of carboxylic acids is 1. The normalized spacial score (nSPS) is 22.1. The number of anilines is 1. The molecule has 2 unspecified atom stereocenters. The maximum Gasteiger partial charge on any atom is 0.416 e. The number of halogens is 3. The fourth-order valence-corrected chi connectivity index (χ4v) is 1.98. The van der Waals surface area contributed by atoms with Crippen LogP contribution in [0, 0.1) is 11.8 Å². The van der Waals surface area contributed by atoms with Crippen molar-refractivity contribution in [3.63, 3.8) is 0 Å². The van der Waals surface area contributed by atoms with Crippen molar-refractivity contribution in [1.29, 1.82) is 0 Å². The van der Waals surface area contributed by atoms with E-state index in [0.717, 1.165) is 12.5 Å². The molecule has 0 radical (unpaired) electrons. The van der Waals surface area contributed by atoms with Crippen molar-refractivity contribution in [1.82, 2.24) is 0 Å². The third kappa shape index (κ3) is 3.19. The van der Waals surface area contributed by atoms with Crippen molar-refractivity contribution in [2.45, 2.75) is 19.5 Å². The second-order valence-electron chi connectivity index (χ2n) is 4.92. The molecular weight excluding hydrogens is 259 g/mol. The zero-order valence-electron chi connectivity index (χ0n) is 10.3. The van der Waals surface area contributed by atoms with Gasteiger partial charge in [0.15, 0.2) is 0 Å². The molecule has 2 rings (SSSR count). The van der Waals surface area contributed by atoms with Gasteiger partial charge < -0.3 is 10.4 Å². The summed E-state index contributed by atoms with van der Waals surface area (Å²) in [5, 5.41) is 11.9. The summed E-state index contributed by atoms with van der Waals surface area (Å²) >= 11 is 0. The third-order valence-electron chi connectivity index (χ3n) is 3.41. The lowest BCUT2D eigenvalue weighted by Gasteiger charge is -2.12. The largest absolute Gasteiger partial charge is 0.478 e. The van der Waals surface area contributed by atoms with Gasteiger partial charge in [0.1, 0.15) is 0 Å². The minimum atomic E-state index is -4.53. The Balaban J connectivity index is 2.20. The van der Waals surface area contributed by atoms with E-state index >= 15 is 0 Å². The Labute approximate surface area is 108 Å². The van der Waals surface area contributed by atoms with Crippen molar-refractivity contribution in [3.8, 4) is 0 Å². The molecule has 0 aliphatic heterocycles. The molecule has 2 atom stereocenters. The molecule has 0 heterocycles. The minimum absolute atomic E-state index is 0.236. The Morgan fingerprint density at radius 1 is 1.47 bits per heavy atom. The van der Waals surface area contributed by atoms with Gasteiger partial charge in [-0.2, -0.15) is 13.2 Å². The van der Waals surface area contributed by atoms with Crippen LogP contribution in [-0.4, -0.2) is 17.6 Å². The molecule has 1 aromatic rings. The highest BCUT2D eigenvalue weighted by Gasteiger charge is 2.33. The van der Waals surface area contributed by atoms with E-state index in [0.29, 0.717) is 24.4 Å². The van der Waals surface area contributed by atoms with Gasteiger partial charge in [-0.15, -0.1) is 0 Å². The summed E-state index contributed by atoms with van der Waals surface area (Å²) in [7, 11) is 0. The number of rotatable bonds is 4. The van der Waals surface area contributed by atoms with Crippen molar-refractivity contribution >= 4 is 11.7 Å². The molecule has 0 saturated heterocycles. The molecule has 0 bridgehead atoms. The van der Waals surface area contributed by atoms with E-state index in [2.05, 4.69) is 12.2 Å². The molecule has 19 heavy (non-hydrogen) atoms. The van der Waals surface area contributed by atoms with E-state index < -0.39 is 17.7 Å². The fourth-order valence-electron chi connectivity index (χ4n) is 1.98. The average Bonchev–Trinajstić information content (AvgIpc) is 3.01. The maximum atomic E-state index is 12.5. The summed E-state index contributed by atoms with van der Waals surface area (Å²) in [5.41, 5.74) is -1.06. The standard InChI is InChI=1S/C13H14F3NO2/c1-7-4-8(7)6-17-11-3-2-9(13(14,15)16)5-10(11)12(18)19/h2-3,5,7-8,17H,4,6H2,1H3,(H,18,19). The Kier molecular flexibility index (Phi) is 3.43. The van der Waals surface area contributed by atoms with Gasteiger partial charge in [-0.3, -0.25) is 0 Å². The molecule has 1 aliphatic carbocycles. The Hall–Kier alpha value is -1.72. The first-order valence-electron chi connectivity index (χ1n) is 5.97. The lowest BCUT2D eigenvalue weighted by Crippen LogP contribution is -2.12. The number of alkyl halides is 3. The highest BCUT2D eigenvalue weighted by molar-refractivity contribution is 5.94. The van der Waals surface area contributed by atoms with E-state index in [4.69, 9.17) is 5.11 Å². The maximum absolute atomic E-state index is 12.5. The summed E-state index contributed by atoms with van der Waals surface area (Å²) in [6.07, 6.45) is -3.47. The van der Waals surface area contributed by atoms with Crippen LogP contribution in [-0.2, 0) is 6.18 Å². The topological polar surface area (TPSA) is 49.3 Å². The summed E-state index contributed by atoms with van der Waals surface area (Å²) in [6, 6.07) is 2.74. The first-order chi connectivity index (χ1) is 8.79. The highest BCUT2D eigenvalue weighted by Crippen LogP contribution is 2.38. The number of hydrogen-bond donors (Lipinski definition) is 2. The summed E-state index contributed by atoms with van der Waals surface area (Å²) in [4.78, 5) is 11.0. The van der Waals surface area contributed by atoms with Gasteiger partial charge in [-0.05, 0) is 36.5 Å². The van der Waals surface area contributed by atoms with Crippen molar-refractivity contribution in [2.75, 3.05) is 11.9 Å². The number of carboxylic acid groups (broad SMARTS) is 1. The second kappa shape index (κ2) is 4.75. The van der Waals surface area contributed by atoms with Gasteiger partial charge in [-0.1, -0.05) is 6.92 Å². The molecule has 0 aromatic heterocycles. The third-order valence-corrected chi connectivity index (χ3v) is 3.41. The molecular formula is C13H14F3NO2. The van der Waals surface area contributed by atoms with Crippen LogP contribution in [0.5, 0.6) is 0 Å². The van der Waals surface area contributed by atoms with Crippen LogP contribution < -0.4 is 5.32 Å². The quantitative estimate of drug-likeness (QED) is 0.883. The Morgan fingerprint density at radius 2 is 2.11 bits per heavy atom. The van der Waals surface area contributed by atoms with Gasteiger partial charge in [-0.25, -0.2) is 4.79 Å². The first-order valence-corrected chi connectivity index (χ1v) is 5.97. The molecule has 2 N–H and O–H groups in total. The fraction of sp³-hybridized carbons (Fsp3) is 0.462. The molecule has 1 aliphatic rings. The van der Waals surface area contributed by atoms with Crippen molar-refractivity contribution < 1.29 is 23.1 Å². The smallest absolute Gasteiger partial charge is 0.416 e. The second-order valence-corrected chi connectivity index (χ2v) is 4.92. The van der Waals surface area contributed by atoms with Gasteiger partial charge in [0.05, 0.1) is 11.1 Å². The highest BCUT2D eigenvalue weighted by atomic mass is 19.4. The Morgan fingerprint density at radius 3 is 2.58 bits per heavy atom. The summed E-state index contributed by atoms with van der Waals surface area (Å²) in [6.45, 7) is 2.67. The van der Waals surface area contributed by atoms with Gasteiger partial charge in [0, 0.05) is 12.2 Å². The van der Waals surface area contributed by atoms with Crippen LogP contribution in [0.3, 0.4) is 0 Å². The van der Waals surface area contributed by atoms with Crippen LogP contribution in [0.15, 0.2) is 18.2 Å². The van der Waals surface area contributed by atoms with Crippen LogP contribution in [0.2, 0.25) is 0 Å². The Bertz CT molecular complexity index is 499. The molecule has 0 spiro atoms. The van der Waals surface area contributed by atoms with Crippen LogP contribution in [0.1, 0.15) is 29.3 Å². The minimum Gasteiger partial charge on any atom is -0.478 e. The lowest BCUT2D eigenvalue weighted by molar-refractivity contribution is -0.137. The number of nitrogens with one attached hydrogen (secondary N) is 1. The number of carbonyl (C=O) groups is 1. The summed E-state index contributed by atoms with van der Waals surface area (Å²) in [5.74, 6) is -0.295. The molecule has 6 heteroatoms. The van der Waals surface area contributed by atoms with Gasteiger partial charge >= 0.3 is 12.1 Å². The van der Waals surface area contributed by atoms with Crippen LogP contribution in [0.4, 0.5) is 18.9 Å². The molecule has 104 valence electrons. The van der Waals surface area contributed by atoms with Gasteiger partial charge in [0.2, 0.25) is 0 Å². The zero-order chi connectivity index (χ0) is 14.2. The molecule has 3 nitrogen and oxygen atoms in total.